The first kappa shape index (κ1) is 17.5. The molecular formula is C21H22ClNO3. The van der Waals surface area contributed by atoms with Gasteiger partial charge in [0.25, 0.3) is 5.91 Å². The number of fused-ring (bicyclic) bond motifs is 1. The number of nitrogens with zero attached hydrogens (tertiary/aromatic N) is 1. The number of carbonyl (C=O) groups excluding carboxylic acids is 1. The monoisotopic (exact) mass is 371 g/mol. The van der Waals surface area contributed by atoms with Crippen LogP contribution in [0.1, 0.15) is 34.3 Å². The van der Waals surface area contributed by atoms with Crippen molar-refractivity contribution in [3.05, 3.63) is 64.2 Å². The molecule has 0 radical (unpaired) electrons. The van der Waals surface area contributed by atoms with Crippen LogP contribution >= 0.6 is 11.6 Å². The van der Waals surface area contributed by atoms with Gasteiger partial charge in [0.05, 0.1) is 12.7 Å². The molecule has 0 atom stereocenters. The molecule has 0 spiro atoms. The van der Waals surface area contributed by atoms with Crippen molar-refractivity contribution in [3.8, 4) is 0 Å². The first-order valence-electron chi connectivity index (χ1n) is 9.10. The van der Waals surface area contributed by atoms with Crippen LogP contribution in [0.4, 0.5) is 5.69 Å². The maximum atomic E-state index is 13.2. The topological polar surface area (TPSA) is 38.8 Å². The molecule has 136 valence electrons. The number of hydrogen-bond donors (Lipinski definition) is 0. The van der Waals surface area contributed by atoms with Crippen LogP contribution in [0.2, 0.25) is 5.02 Å². The van der Waals surface area contributed by atoms with E-state index in [1.807, 2.05) is 47.4 Å². The van der Waals surface area contributed by atoms with Crippen molar-refractivity contribution in [2.75, 3.05) is 24.7 Å². The smallest absolute Gasteiger partial charge is 0.258 e. The highest BCUT2D eigenvalue weighted by molar-refractivity contribution is 6.32. The van der Waals surface area contributed by atoms with Gasteiger partial charge in [0.15, 0.2) is 0 Å². The van der Waals surface area contributed by atoms with Crippen LogP contribution in [-0.4, -0.2) is 31.8 Å². The molecule has 4 nitrogen and oxygen atoms in total. The second kappa shape index (κ2) is 7.78. The second-order valence-electron chi connectivity index (χ2n) is 6.72. The van der Waals surface area contributed by atoms with Gasteiger partial charge in [-0.25, -0.2) is 0 Å². The van der Waals surface area contributed by atoms with E-state index in [-0.39, 0.29) is 12.0 Å². The predicted octanol–water partition coefficient (Wildman–Crippen LogP) is 4.24. The van der Waals surface area contributed by atoms with E-state index < -0.39 is 0 Å². The number of hydrogen-bond acceptors (Lipinski definition) is 3. The summed E-state index contributed by atoms with van der Waals surface area (Å²) in [6.45, 7) is 2.60. The molecule has 0 aliphatic carbocycles. The van der Waals surface area contributed by atoms with Gasteiger partial charge in [-0.15, -0.1) is 0 Å². The van der Waals surface area contributed by atoms with E-state index in [0.29, 0.717) is 18.7 Å². The van der Waals surface area contributed by atoms with Crippen LogP contribution in [0.25, 0.3) is 0 Å². The molecule has 2 aromatic rings. The maximum Gasteiger partial charge on any atom is 0.258 e. The Balaban J connectivity index is 1.53. The summed E-state index contributed by atoms with van der Waals surface area (Å²) in [4.78, 5) is 15.0. The molecule has 0 aromatic heterocycles. The minimum Gasteiger partial charge on any atom is -0.381 e. The highest BCUT2D eigenvalue weighted by Crippen LogP contribution is 2.34. The van der Waals surface area contributed by atoms with Gasteiger partial charge >= 0.3 is 0 Å². The van der Waals surface area contributed by atoms with Gasteiger partial charge in [-0.05, 0) is 48.6 Å². The Morgan fingerprint density at radius 2 is 1.96 bits per heavy atom. The van der Waals surface area contributed by atoms with Crippen LogP contribution < -0.4 is 4.90 Å². The van der Waals surface area contributed by atoms with Gasteiger partial charge in [-0.3, -0.25) is 4.79 Å². The van der Waals surface area contributed by atoms with Crippen LogP contribution in [0.15, 0.2) is 42.5 Å². The fourth-order valence-corrected chi connectivity index (χ4v) is 3.92. The zero-order chi connectivity index (χ0) is 17.9. The molecule has 2 aliphatic rings. The van der Waals surface area contributed by atoms with Gasteiger partial charge in [0, 0.05) is 36.0 Å². The zero-order valence-corrected chi connectivity index (χ0v) is 15.4. The minimum absolute atomic E-state index is 0.0113. The van der Waals surface area contributed by atoms with Crippen LogP contribution in [0, 0.1) is 0 Å². The SMILES string of the molecule is O=C(c1ccccc1COC1CCOCC1)N1CCc2c(Cl)cccc21. The first-order chi connectivity index (χ1) is 12.7. The van der Waals surface area contributed by atoms with E-state index in [1.54, 1.807) is 0 Å². The summed E-state index contributed by atoms with van der Waals surface area (Å²) in [5.74, 6) is 0.0113. The molecule has 0 bridgehead atoms. The average Bonchev–Trinajstić information content (AvgIpc) is 3.12. The van der Waals surface area contributed by atoms with E-state index in [4.69, 9.17) is 21.1 Å². The number of benzene rings is 2. The van der Waals surface area contributed by atoms with Crippen molar-refractivity contribution in [2.24, 2.45) is 0 Å². The fourth-order valence-electron chi connectivity index (χ4n) is 3.65. The molecule has 2 aromatic carbocycles. The molecule has 2 heterocycles. The van der Waals surface area contributed by atoms with Crippen molar-refractivity contribution in [2.45, 2.75) is 32.0 Å². The molecule has 0 saturated carbocycles. The summed E-state index contributed by atoms with van der Waals surface area (Å²) >= 11 is 6.28. The highest BCUT2D eigenvalue weighted by atomic mass is 35.5. The third kappa shape index (κ3) is 3.50. The van der Waals surface area contributed by atoms with E-state index in [0.717, 1.165) is 54.3 Å². The summed E-state index contributed by atoms with van der Waals surface area (Å²) in [6, 6.07) is 13.5. The van der Waals surface area contributed by atoms with Gasteiger partial charge in [0.1, 0.15) is 0 Å². The number of carbonyl (C=O) groups is 1. The largest absolute Gasteiger partial charge is 0.381 e. The number of amides is 1. The Bertz CT molecular complexity index is 802. The van der Waals surface area contributed by atoms with Crippen LogP contribution in [0.5, 0.6) is 0 Å². The van der Waals surface area contributed by atoms with Gasteiger partial charge in [0.2, 0.25) is 0 Å². The van der Waals surface area contributed by atoms with E-state index in [1.165, 1.54) is 0 Å². The van der Waals surface area contributed by atoms with Crippen molar-refractivity contribution in [3.63, 3.8) is 0 Å². The number of rotatable bonds is 4. The Morgan fingerprint density at radius 3 is 2.81 bits per heavy atom. The third-order valence-corrected chi connectivity index (χ3v) is 5.46. The second-order valence-corrected chi connectivity index (χ2v) is 7.13. The van der Waals surface area contributed by atoms with Gasteiger partial charge < -0.3 is 14.4 Å². The normalized spacial score (nSPS) is 17.3. The van der Waals surface area contributed by atoms with Gasteiger partial charge in [-0.1, -0.05) is 35.9 Å². The van der Waals surface area contributed by atoms with Crippen molar-refractivity contribution < 1.29 is 14.3 Å². The summed E-state index contributed by atoms with van der Waals surface area (Å²) in [5.41, 5.74) is 3.60. The Morgan fingerprint density at radius 1 is 1.15 bits per heavy atom. The molecule has 1 amide bonds. The molecule has 26 heavy (non-hydrogen) atoms. The molecule has 0 N–H and O–H groups in total. The Labute approximate surface area is 158 Å². The Kier molecular flexibility index (Phi) is 5.25. The van der Waals surface area contributed by atoms with Gasteiger partial charge in [-0.2, -0.15) is 0 Å². The first-order valence-corrected chi connectivity index (χ1v) is 9.48. The van der Waals surface area contributed by atoms with E-state index in [2.05, 4.69) is 0 Å². The highest BCUT2D eigenvalue weighted by Gasteiger charge is 2.28. The lowest BCUT2D eigenvalue weighted by molar-refractivity contribution is -0.0391. The molecule has 5 heteroatoms. The molecule has 0 unspecified atom stereocenters. The fraction of sp³-hybridized carbons (Fsp3) is 0.381. The van der Waals surface area contributed by atoms with Crippen LogP contribution in [0.3, 0.4) is 0 Å². The lowest BCUT2D eigenvalue weighted by Crippen LogP contribution is -2.30. The van der Waals surface area contributed by atoms with E-state index in [9.17, 15) is 4.79 Å². The standard InChI is InChI=1S/C21H22ClNO3/c22-19-6-3-7-20-18(19)8-11-23(20)21(24)17-5-2-1-4-15(17)14-26-16-9-12-25-13-10-16/h1-7,16H,8-14H2. The lowest BCUT2D eigenvalue weighted by atomic mass is 10.1. The molecule has 2 aliphatic heterocycles. The third-order valence-electron chi connectivity index (χ3n) is 5.11. The lowest BCUT2D eigenvalue weighted by Gasteiger charge is -2.23. The minimum atomic E-state index is 0.0113. The molecular weight excluding hydrogens is 350 g/mol. The quantitative estimate of drug-likeness (QED) is 0.807. The average molecular weight is 372 g/mol. The number of anilines is 1. The number of halogens is 1. The summed E-state index contributed by atoms with van der Waals surface area (Å²) < 4.78 is 11.4. The predicted molar refractivity (Wildman–Crippen MR) is 102 cm³/mol. The zero-order valence-electron chi connectivity index (χ0n) is 14.6. The van der Waals surface area contributed by atoms with Crippen molar-refractivity contribution >= 4 is 23.2 Å². The van der Waals surface area contributed by atoms with Crippen molar-refractivity contribution in [1.29, 1.82) is 0 Å². The number of ether oxygens (including phenoxy) is 2. The molecule has 1 fully saturated rings. The maximum absolute atomic E-state index is 13.2. The summed E-state index contributed by atoms with van der Waals surface area (Å²) in [5, 5.41) is 0.730. The molecule has 1 saturated heterocycles. The Hall–Kier alpha value is -1.88. The molecule has 4 rings (SSSR count). The summed E-state index contributed by atoms with van der Waals surface area (Å²) in [7, 11) is 0. The van der Waals surface area contributed by atoms with E-state index >= 15 is 0 Å². The van der Waals surface area contributed by atoms with Crippen molar-refractivity contribution in [1.82, 2.24) is 0 Å². The van der Waals surface area contributed by atoms with Crippen LogP contribution in [-0.2, 0) is 22.5 Å². The summed E-state index contributed by atoms with van der Waals surface area (Å²) in [6.07, 6.45) is 2.82.